The molecule has 0 aromatic carbocycles. The van der Waals surface area contributed by atoms with Crippen LogP contribution >= 0.6 is 0 Å². The second-order valence-corrected chi connectivity index (χ2v) is 7.02. The van der Waals surface area contributed by atoms with Crippen molar-refractivity contribution < 1.29 is 33.9 Å². The number of hydrogen-bond acceptors (Lipinski definition) is 7. The van der Waals surface area contributed by atoms with Crippen molar-refractivity contribution in [2.75, 3.05) is 6.54 Å². The monoisotopic (exact) mass is 428 g/mol. The third kappa shape index (κ3) is 8.43. The molecule has 13 heteroatoms. The van der Waals surface area contributed by atoms with E-state index in [0.717, 1.165) is 6.42 Å². The number of rotatable bonds is 12. The maximum absolute atomic E-state index is 12.5. The largest absolute Gasteiger partial charge is 0.480 e. The van der Waals surface area contributed by atoms with Gasteiger partial charge in [-0.05, 0) is 32.7 Å². The number of carboxylic acids is 1. The van der Waals surface area contributed by atoms with E-state index in [1.165, 1.54) is 6.92 Å². The molecule has 1 aliphatic rings. The number of nitrogens with one attached hydrogen (secondary N) is 4. The number of aliphatic carboxylic acids is 1. The fraction of sp³-hybridized carbons (Fsp3) is 0.647. The quantitative estimate of drug-likeness (QED) is 0.164. The minimum atomic E-state index is -1.38. The van der Waals surface area contributed by atoms with Crippen LogP contribution in [0, 0.1) is 0 Å². The summed E-state index contributed by atoms with van der Waals surface area (Å²) in [4.78, 5) is 70.2. The number of nitrogens with two attached hydrogens (primary N) is 2. The number of primary amides is 2. The molecule has 0 aromatic rings. The van der Waals surface area contributed by atoms with Crippen LogP contribution in [0.5, 0.6) is 0 Å². The van der Waals surface area contributed by atoms with Crippen LogP contribution in [-0.2, 0) is 28.8 Å². The lowest BCUT2D eigenvalue weighted by atomic mass is 10.1. The molecule has 0 aliphatic carbocycles. The second kappa shape index (κ2) is 11.7. The molecule has 0 saturated carbocycles. The highest BCUT2D eigenvalue weighted by molar-refractivity contribution is 5.96. The predicted molar refractivity (Wildman–Crippen MR) is 102 cm³/mol. The van der Waals surface area contributed by atoms with Crippen molar-refractivity contribution in [3.05, 3.63) is 0 Å². The average molecular weight is 428 g/mol. The summed E-state index contributed by atoms with van der Waals surface area (Å²) >= 11 is 0. The molecule has 1 fully saturated rings. The Morgan fingerprint density at radius 2 is 1.67 bits per heavy atom. The van der Waals surface area contributed by atoms with Gasteiger partial charge < -0.3 is 37.8 Å². The van der Waals surface area contributed by atoms with Gasteiger partial charge in [-0.3, -0.25) is 24.0 Å². The second-order valence-electron chi connectivity index (χ2n) is 7.02. The molecule has 1 saturated heterocycles. The van der Waals surface area contributed by atoms with Gasteiger partial charge in [-0.15, -0.1) is 0 Å². The van der Waals surface area contributed by atoms with E-state index in [1.54, 1.807) is 0 Å². The number of amides is 5. The van der Waals surface area contributed by atoms with Crippen LogP contribution in [0.4, 0.5) is 0 Å². The third-order valence-corrected chi connectivity index (χ3v) is 4.46. The Morgan fingerprint density at radius 1 is 1.00 bits per heavy atom. The van der Waals surface area contributed by atoms with Crippen molar-refractivity contribution in [3.63, 3.8) is 0 Å². The maximum Gasteiger partial charge on any atom is 0.326 e. The zero-order valence-corrected chi connectivity index (χ0v) is 16.6. The smallest absolute Gasteiger partial charge is 0.326 e. The van der Waals surface area contributed by atoms with Gasteiger partial charge in [-0.2, -0.15) is 0 Å². The highest BCUT2D eigenvalue weighted by Crippen LogP contribution is 2.06. The van der Waals surface area contributed by atoms with Gasteiger partial charge in [0.05, 0.1) is 12.5 Å². The van der Waals surface area contributed by atoms with Crippen molar-refractivity contribution >= 4 is 35.5 Å². The molecular weight excluding hydrogens is 400 g/mol. The van der Waals surface area contributed by atoms with Crippen LogP contribution in [0.2, 0.25) is 0 Å². The van der Waals surface area contributed by atoms with E-state index in [2.05, 4.69) is 21.3 Å². The van der Waals surface area contributed by atoms with Crippen molar-refractivity contribution in [1.82, 2.24) is 21.3 Å². The standard InChI is InChI=1S/C17H28N6O7/c1-8(14(26)22-10(17(29)30)4-5-12(18)24)21-16(28)11(7-13(19)25)23-15(27)9-3-2-6-20-9/h8-11,20H,2-7H2,1H3,(H2,18,24)(H2,19,25)(H,21,28)(H,22,26)(H,23,27)(H,29,30). The molecule has 30 heavy (non-hydrogen) atoms. The highest BCUT2D eigenvalue weighted by atomic mass is 16.4. The van der Waals surface area contributed by atoms with Crippen LogP contribution in [0.25, 0.3) is 0 Å². The Balaban J connectivity index is 2.69. The fourth-order valence-corrected chi connectivity index (χ4v) is 2.81. The zero-order valence-electron chi connectivity index (χ0n) is 16.6. The molecule has 0 radical (unpaired) electrons. The van der Waals surface area contributed by atoms with E-state index < -0.39 is 66.1 Å². The van der Waals surface area contributed by atoms with Gasteiger partial charge in [0.2, 0.25) is 29.5 Å². The number of carbonyl (C=O) groups excluding carboxylic acids is 5. The summed E-state index contributed by atoms with van der Waals surface area (Å²) < 4.78 is 0. The van der Waals surface area contributed by atoms with Gasteiger partial charge in [0, 0.05) is 6.42 Å². The average Bonchev–Trinajstić information content (AvgIpc) is 3.18. The summed E-state index contributed by atoms with van der Waals surface area (Å²) in [6.07, 6.45) is 0.431. The van der Waals surface area contributed by atoms with Crippen molar-refractivity contribution in [2.45, 2.75) is 63.2 Å². The minimum absolute atomic E-state index is 0.216. The molecule has 1 aliphatic heterocycles. The number of carboxylic acid groups (broad SMARTS) is 1. The molecule has 9 N–H and O–H groups in total. The van der Waals surface area contributed by atoms with E-state index in [4.69, 9.17) is 16.6 Å². The van der Waals surface area contributed by atoms with E-state index in [1.807, 2.05) is 0 Å². The summed E-state index contributed by atoms with van der Waals surface area (Å²) in [5, 5.41) is 19.0. The van der Waals surface area contributed by atoms with Crippen LogP contribution in [0.1, 0.15) is 39.0 Å². The molecule has 0 aromatic heterocycles. The molecule has 0 spiro atoms. The van der Waals surface area contributed by atoms with E-state index in [0.29, 0.717) is 13.0 Å². The van der Waals surface area contributed by atoms with Gasteiger partial charge in [-0.1, -0.05) is 0 Å². The zero-order chi connectivity index (χ0) is 22.8. The Hall–Kier alpha value is -3.22. The van der Waals surface area contributed by atoms with Crippen LogP contribution in [-0.4, -0.2) is 71.3 Å². The summed E-state index contributed by atoms with van der Waals surface area (Å²) in [5.41, 5.74) is 10.1. The van der Waals surface area contributed by atoms with Crippen molar-refractivity contribution in [2.24, 2.45) is 11.5 Å². The molecule has 1 rings (SSSR count). The van der Waals surface area contributed by atoms with Gasteiger partial charge in [0.15, 0.2) is 0 Å². The molecule has 0 bridgehead atoms. The van der Waals surface area contributed by atoms with Gasteiger partial charge in [0.25, 0.3) is 0 Å². The minimum Gasteiger partial charge on any atom is -0.480 e. The third-order valence-electron chi connectivity index (χ3n) is 4.46. The number of carbonyl (C=O) groups is 6. The van der Waals surface area contributed by atoms with Crippen LogP contribution < -0.4 is 32.7 Å². The molecule has 5 amide bonds. The van der Waals surface area contributed by atoms with Crippen molar-refractivity contribution in [3.8, 4) is 0 Å². The Kier molecular flexibility index (Phi) is 9.68. The Labute approximate surface area is 172 Å². The summed E-state index contributed by atoms with van der Waals surface area (Å²) in [6.45, 7) is 1.95. The van der Waals surface area contributed by atoms with E-state index >= 15 is 0 Å². The molecule has 1 heterocycles. The topological polar surface area (TPSA) is 223 Å². The Morgan fingerprint density at radius 3 is 2.17 bits per heavy atom. The molecular formula is C17H28N6O7. The fourth-order valence-electron chi connectivity index (χ4n) is 2.81. The Bertz CT molecular complexity index is 692. The molecule has 168 valence electrons. The maximum atomic E-state index is 12.5. The lowest BCUT2D eigenvalue weighted by Crippen LogP contribution is -2.57. The van der Waals surface area contributed by atoms with Crippen molar-refractivity contribution in [1.29, 1.82) is 0 Å². The summed E-state index contributed by atoms with van der Waals surface area (Å²) in [5.74, 6) is -5.05. The first-order valence-corrected chi connectivity index (χ1v) is 9.45. The number of hydrogen-bond donors (Lipinski definition) is 7. The summed E-state index contributed by atoms with van der Waals surface area (Å²) in [6, 6.07) is -4.35. The van der Waals surface area contributed by atoms with Gasteiger partial charge >= 0.3 is 5.97 Å². The van der Waals surface area contributed by atoms with E-state index in [-0.39, 0.29) is 12.8 Å². The normalized spacial score (nSPS) is 18.5. The van der Waals surface area contributed by atoms with Gasteiger partial charge in [-0.25, -0.2) is 4.79 Å². The highest BCUT2D eigenvalue weighted by Gasteiger charge is 2.30. The van der Waals surface area contributed by atoms with E-state index in [9.17, 15) is 28.8 Å². The van der Waals surface area contributed by atoms with Gasteiger partial charge in [0.1, 0.15) is 18.1 Å². The van der Waals surface area contributed by atoms with Crippen LogP contribution in [0.3, 0.4) is 0 Å². The lowest BCUT2D eigenvalue weighted by molar-refractivity contribution is -0.142. The summed E-state index contributed by atoms with van der Waals surface area (Å²) in [7, 11) is 0. The molecule has 4 unspecified atom stereocenters. The first kappa shape index (κ1) is 24.8. The SMILES string of the molecule is CC(NC(=O)C(CC(N)=O)NC(=O)C1CCCN1)C(=O)NC(CCC(N)=O)C(=O)O. The predicted octanol–water partition coefficient (Wildman–Crippen LogP) is -3.56. The van der Waals surface area contributed by atoms with Crippen LogP contribution in [0.15, 0.2) is 0 Å². The first-order valence-electron chi connectivity index (χ1n) is 9.45. The first-order chi connectivity index (χ1) is 14.0. The molecule has 4 atom stereocenters. The molecule has 13 nitrogen and oxygen atoms in total. The lowest BCUT2D eigenvalue weighted by Gasteiger charge is -2.22.